The average Bonchev–Trinajstić information content (AvgIpc) is 2.10. The van der Waals surface area contributed by atoms with E-state index in [1.54, 1.807) is 0 Å². The topological polar surface area (TPSA) is 0 Å². The Morgan fingerprint density at radius 1 is 1.15 bits per heavy atom. The SMILES string of the molecule is CCCCC(CC)CCC=C(C)C. The van der Waals surface area contributed by atoms with Crippen molar-refractivity contribution >= 4 is 0 Å². The van der Waals surface area contributed by atoms with Crippen LogP contribution in [0.1, 0.15) is 66.2 Å². The van der Waals surface area contributed by atoms with Crippen LogP contribution >= 0.6 is 0 Å². The van der Waals surface area contributed by atoms with Gasteiger partial charge in [0.15, 0.2) is 0 Å². The van der Waals surface area contributed by atoms with Gasteiger partial charge in [0, 0.05) is 0 Å². The fourth-order valence-electron chi connectivity index (χ4n) is 1.65. The Hall–Kier alpha value is -0.260. The molecular formula is C13H26. The first-order valence-electron chi connectivity index (χ1n) is 5.84. The van der Waals surface area contributed by atoms with E-state index in [9.17, 15) is 0 Å². The minimum absolute atomic E-state index is 0.968. The van der Waals surface area contributed by atoms with E-state index in [-0.39, 0.29) is 0 Å². The van der Waals surface area contributed by atoms with Gasteiger partial charge in [-0.1, -0.05) is 51.2 Å². The van der Waals surface area contributed by atoms with E-state index in [0.29, 0.717) is 0 Å². The molecule has 1 atom stereocenters. The number of hydrogen-bond donors (Lipinski definition) is 0. The molecule has 0 heterocycles. The lowest BCUT2D eigenvalue weighted by Crippen LogP contribution is -1.97. The fourth-order valence-corrected chi connectivity index (χ4v) is 1.65. The normalized spacial score (nSPS) is 12.6. The predicted molar refractivity (Wildman–Crippen MR) is 62.0 cm³/mol. The third-order valence-electron chi connectivity index (χ3n) is 2.67. The van der Waals surface area contributed by atoms with Crippen LogP contribution in [-0.4, -0.2) is 0 Å². The molecule has 0 rings (SSSR count). The van der Waals surface area contributed by atoms with Gasteiger partial charge in [-0.05, 0) is 32.6 Å². The quantitative estimate of drug-likeness (QED) is 0.489. The van der Waals surface area contributed by atoms with E-state index in [1.807, 2.05) is 0 Å². The molecular weight excluding hydrogens is 156 g/mol. The van der Waals surface area contributed by atoms with Crippen molar-refractivity contribution in [2.45, 2.75) is 66.2 Å². The molecule has 0 saturated carbocycles. The van der Waals surface area contributed by atoms with Gasteiger partial charge in [-0.25, -0.2) is 0 Å². The Labute approximate surface area is 84.4 Å². The number of allylic oxidation sites excluding steroid dienone is 2. The summed E-state index contributed by atoms with van der Waals surface area (Å²) in [6.07, 6.45) is 10.6. The van der Waals surface area contributed by atoms with Crippen molar-refractivity contribution in [1.29, 1.82) is 0 Å². The number of unbranched alkanes of at least 4 members (excludes halogenated alkanes) is 1. The smallest absolute Gasteiger partial charge is 0.0346 e. The van der Waals surface area contributed by atoms with Crippen molar-refractivity contribution in [2.24, 2.45) is 5.92 Å². The average molecular weight is 182 g/mol. The van der Waals surface area contributed by atoms with Crippen LogP contribution < -0.4 is 0 Å². The van der Waals surface area contributed by atoms with Crippen LogP contribution in [0.15, 0.2) is 11.6 Å². The highest BCUT2D eigenvalue weighted by Crippen LogP contribution is 2.18. The predicted octanol–water partition coefficient (Wildman–Crippen LogP) is 4.95. The molecule has 0 radical (unpaired) electrons. The number of rotatable bonds is 7. The Bertz CT molecular complexity index is 129. The summed E-state index contributed by atoms with van der Waals surface area (Å²) in [6, 6.07) is 0. The second kappa shape index (κ2) is 8.34. The number of hydrogen-bond acceptors (Lipinski definition) is 0. The molecule has 0 heteroatoms. The van der Waals surface area contributed by atoms with Crippen molar-refractivity contribution in [3.8, 4) is 0 Å². The summed E-state index contributed by atoms with van der Waals surface area (Å²) in [5.74, 6) is 0.968. The molecule has 0 aromatic carbocycles. The molecule has 0 saturated heterocycles. The summed E-state index contributed by atoms with van der Waals surface area (Å²) in [4.78, 5) is 0. The van der Waals surface area contributed by atoms with Gasteiger partial charge < -0.3 is 0 Å². The van der Waals surface area contributed by atoms with Gasteiger partial charge in [-0.3, -0.25) is 0 Å². The minimum Gasteiger partial charge on any atom is -0.0859 e. The van der Waals surface area contributed by atoms with E-state index in [1.165, 1.54) is 44.1 Å². The molecule has 0 nitrogen and oxygen atoms in total. The molecule has 0 N–H and O–H groups in total. The van der Waals surface area contributed by atoms with Crippen LogP contribution in [0.2, 0.25) is 0 Å². The first-order valence-corrected chi connectivity index (χ1v) is 5.84. The molecule has 78 valence electrons. The van der Waals surface area contributed by atoms with E-state index < -0.39 is 0 Å². The molecule has 0 aliphatic carbocycles. The molecule has 0 aromatic rings. The fraction of sp³-hybridized carbons (Fsp3) is 0.846. The summed E-state index contributed by atoms with van der Waals surface area (Å²) < 4.78 is 0. The molecule has 0 bridgehead atoms. The van der Waals surface area contributed by atoms with Crippen molar-refractivity contribution < 1.29 is 0 Å². The van der Waals surface area contributed by atoms with Crippen LogP contribution in [0, 0.1) is 5.92 Å². The lowest BCUT2D eigenvalue weighted by molar-refractivity contribution is 0.424. The summed E-state index contributed by atoms with van der Waals surface area (Å²) in [7, 11) is 0. The zero-order valence-electron chi connectivity index (χ0n) is 9.90. The van der Waals surface area contributed by atoms with Gasteiger partial charge in [0.05, 0.1) is 0 Å². The highest BCUT2D eigenvalue weighted by atomic mass is 14.1. The van der Waals surface area contributed by atoms with Gasteiger partial charge in [0.1, 0.15) is 0 Å². The zero-order chi connectivity index (χ0) is 10.1. The van der Waals surface area contributed by atoms with Gasteiger partial charge in [-0.2, -0.15) is 0 Å². The lowest BCUT2D eigenvalue weighted by atomic mass is 9.94. The Morgan fingerprint density at radius 2 is 1.85 bits per heavy atom. The van der Waals surface area contributed by atoms with Crippen LogP contribution in [0.5, 0.6) is 0 Å². The first-order chi connectivity index (χ1) is 6.20. The zero-order valence-corrected chi connectivity index (χ0v) is 9.90. The molecule has 0 aliphatic heterocycles. The first kappa shape index (κ1) is 12.7. The van der Waals surface area contributed by atoms with Crippen LogP contribution in [0.3, 0.4) is 0 Å². The molecule has 13 heavy (non-hydrogen) atoms. The molecule has 0 spiro atoms. The van der Waals surface area contributed by atoms with E-state index in [2.05, 4.69) is 33.8 Å². The third-order valence-corrected chi connectivity index (χ3v) is 2.67. The molecule has 0 amide bonds. The van der Waals surface area contributed by atoms with Gasteiger partial charge in [-0.15, -0.1) is 0 Å². The van der Waals surface area contributed by atoms with Crippen molar-refractivity contribution in [2.75, 3.05) is 0 Å². The molecule has 1 unspecified atom stereocenters. The van der Waals surface area contributed by atoms with Crippen LogP contribution in [-0.2, 0) is 0 Å². The summed E-state index contributed by atoms with van der Waals surface area (Å²) in [6.45, 7) is 8.98. The van der Waals surface area contributed by atoms with Gasteiger partial charge >= 0.3 is 0 Å². The highest BCUT2D eigenvalue weighted by Gasteiger charge is 2.03. The third kappa shape index (κ3) is 8.08. The van der Waals surface area contributed by atoms with E-state index >= 15 is 0 Å². The highest BCUT2D eigenvalue weighted by molar-refractivity contribution is 4.92. The maximum absolute atomic E-state index is 2.37. The summed E-state index contributed by atoms with van der Waals surface area (Å²) in [5.41, 5.74) is 1.46. The van der Waals surface area contributed by atoms with Crippen molar-refractivity contribution in [3.05, 3.63) is 11.6 Å². The molecule has 0 aromatic heterocycles. The lowest BCUT2D eigenvalue weighted by Gasteiger charge is -2.12. The van der Waals surface area contributed by atoms with Crippen LogP contribution in [0.4, 0.5) is 0 Å². The van der Waals surface area contributed by atoms with Crippen molar-refractivity contribution in [1.82, 2.24) is 0 Å². The standard InChI is InChI=1S/C13H26/c1-5-7-10-13(6-2)11-8-9-12(3)4/h9,13H,5-8,10-11H2,1-4H3. The van der Waals surface area contributed by atoms with Gasteiger partial charge in [0.25, 0.3) is 0 Å². The Balaban J connectivity index is 3.53. The van der Waals surface area contributed by atoms with Gasteiger partial charge in [0.2, 0.25) is 0 Å². The molecule has 0 fully saturated rings. The van der Waals surface area contributed by atoms with E-state index in [4.69, 9.17) is 0 Å². The Morgan fingerprint density at radius 3 is 2.31 bits per heavy atom. The summed E-state index contributed by atoms with van der Waals surface area (Å²) in [5, 5.41) is 0. The minimum atomic E-state index is 0.968. The van der Waals surface area contributed by atoms with Crippen molar-refractivity contribution in [3.63, 3.8) is 0 Å². The largest absolute Gasteiger partial charge is 0.0859 e. The second-order valence-electron chi connectivity index (χ2n) is 4.28. The summed E-state index contributed by atoms with van der Waals surface area (Å²) >= 11 is 0. The second-order valence-corrected chi connectivity index (χ2v) is 4.28. The van der Waals surface area contributed by atoms with E-state index in [0.717, 1.165) is 5.92 Å². The maximum Gasteiger partial charge on any atom is -0.0346 e. The maximum atomic E-state index is 2.37. The molecule has 0 aliphatic rings. The van der Waals surface area contributed by atoms with Crippen LogP contribution in [0.25, 0.3) is 0 Å². The Kier molecular flexibility index (Phi) is 8.18. The monoisotopic (exact) mass is 182 g/mol.